The van der Waals surface area contributed by atoms with Crippen LogP contribution in [-0.4, -0.2) is 16.6 Å². The number of hydrogen-bond acceptors (Lipinski definition) is 4. The number of nitriles is 2. The van der Waals surface area contributed by atoms with Gasteiger partial charge in [-0.25, -0.2) is 4.79 Å². The highest BCUT2D eigenvalue weighted by Gasteiger charge is 2.49. The van der Waals surface area contributed by atoms with Gasteiger partial charge in [0.15, 0.2) is 5.57 Å². The molecule has 84 valence electrons. The lowest BCUT2D eigenvalue weighted by Crippen LogP contribution is -2.44. The molecule has 0 spiro atoms. The van der Waals surface area contributed by atoms with Crippen LogP contribution in [0.5, 0.6) is 0 Å². The lowest BCUT2D eigenvalue weighted by Gasteiger charge is -2.30. The first kappa shape index (κ1) is 12.1. The van der Waals surface area contributed by atoms with Crippen LogP contribution in [0, 0.1) is 28.1 Å². The van der Waals surface area contributed by atoms with Crippen molar-refractivity contribution < 1.29 is 9.90 Å². The van der Waals surface area contributed by atoms with Gasteiger partial charge in [0, 0.05) is 11.1 Å². The third kappa shape index (κ3) is 1.61. The van der Waals surface area contributed by atoms with Crippen molar-refractivity contribution in [2.45, 2.75) is 32.7 Å². The van der Waals surface area contributed by atoms with Gasteiger partial charge in [0.05, 0.1) is 6.07 Å². The molecule has 0 bridgehead atoms. The first-order valence-corrected chi connectivity index (χ1v) is 4.83. The van der Waals surface area contributed by atoms with E-state index in [1.807, 2.05) is 13.8 Å². The predicted octanol–water partition coefficient (Wildman–Crippen LogP) is 1.15. The van der Waals surface area contributed by atoms with Gasteiger partial charge in [-0.3, -0.25) is 0 Å². The number of nitrogens with zero attached hydrogens (tertiary/aromatic N) is 2. The minimum Gasteiger partial charge on any atom is -0.477 e. The second-order valence-corrected chi connectivity index (χ2v) is 4.69. The van der Waals surface area contributed by atoms with E-state index in [4.69, 9.17) is 15.6 Å². The summed E-state index contributed by atoms with van der Waals surface area (Å²) in [6, 6.07) is 3.78. The molecule has 16 heavy (non-hydrogen) atoms. The molecule has 0 amide bonds. The highest BCUT2D eigenvalue weighted by Crippen LogP contribution is 2.43. The molecule has 0 aromatic carbocycles. The van der Waals surface area contributed by atoms with Crippen LogP contribution in [0.3, 0.4) is 0 Å². The zero-order valence-electron chi connectivity index (χ0n) is 9.46. The average molecular weight is 219 g/mol. The van der Waals surface area contributed by atoms with Gasteiger partial charge in [0.1, 0.15) is 11.6 Å². The molecule has 1 atom stereocenters. The van der Waals surface area contributed by atoms with Crippen molar-refractivity contribution in [1.29, 1.82) is 10.5 Å². The van der Waals surface area contributed by atoms with Crippen molar-refractivity contribution in [2.75, 3.05) is 0 Å². The summed E-state index contributed by atoms with van der Waals surface area (Å²) in [6.45, 7) is 5.44. The number of allylic oxidation sites excluding steroid dienone is 1. The van der Waals surface area contributed by atoms with Gasteiger partial charge in [0.2, 0.25) is 0 Å². The molecule has 1 aliphatic heterocycles. The van der Waals surface area contributed by atoms with Crippen LogP contribution in [0.25, 0.3) is 0 Å². The molecular formula is C11H13N3O2. The van der Waals surface area contributed by atoms with Crippen molar-refractivity contribution in [1.82, 2.24) is 5.32 Å². The Hall–Kier alpha value is -2.01. The van der Waals surface area contributed by atoms with Crippen LogP contribution in [0.1, 0.15) is 27.2 Å². The van der Waals surface area contributed by atoms with Gasteiger partial charge in [-0.15, -0.1) is 0 Å². The van der Waals surface area contributed by atoms with Crippen molar-refractivity contribution in [3.63, 3.8) is 0 Å². The fourth-order valence-corrected chi connectivity index (χ4v) is 1.71. The molecule has 2 N–H and O–H groups in total. The lowest BCUT2D eigenvalue weighted by molar-refractivity contribution is -0.132. The third-order valence-corrected chi connectivity index (χ3v) is 3.22. The molecule has 1 fully saturated rings. The van der Waals surface area contributed by atoms with Crippen LogP contribution >= 0.6 is 0 Å². The zero-order chi connectivity index (χ0) is 12.6. The largest absolute Gasteiger partial charge is 0.477 e. The molecule has 1 aliphatic rings. The Morgan fingerprint density at radius 1 is 1.44 bits per heavy atom. The summed E-state index contributed by atoms with van der Waals surface area (Å²) >= 11 is 0. The number of rotatable bonds is 1. The van der Waals surface area contributed by atoms with E-state index in [1.165, 1.54) is 0 Å². The number of nitrogens with one attached hydrogen (secondary N) is 1. The molecule has 0 aromatic heterocycles. The van der Waals surface area contributed by atoms with Crippen molar-refractivity contribution >= 4 is 5.97 Å². The molecule has 0 radical (unpaired) electrons. The first-order valence-electron chi connectivity index (χ1n) is 4.83. The number of aliphatic carboxylic acids is 1. The van der Waals surface area contributed by atoms with Crippen LogP contribution in [0.2, 0.25) is 0 Å². The minimum absolute atomic E-state index is 0.313. The zero-order valence-corrected chi connectivity index (χ0v) is 9.46. The van der Waals surface area contributed by atoms with E-state index in [9.17, 15) is 4.79 Å². The van der Waals surface area contributed by atoms with Crippen LogP contribution < -0.4 is 5.32 Å². The van der Waals surface area contributed by atoms with E-state index >= 15 is 0 Å². The minimum atomic E-state index is -1.26. The maximum atomic E-state index is 10.8. The van der Waals surface area contributed by atoms with Crippen LogP contribution in [0.4, 0.5) is 0 Å². The molecule has 1 heterocycles. The lowest BCUT2D eigenvalue weighted by atomic mass is 9.75. The summed E-state index contributed by atoms with van der Waals surface area (Å²) in [6.07, 6.45) is 0.381. The molecule has 5 heteroatoms. The van der Waals surface area contributed by atoms with Gasteiger partial charge >= 0.3 is 5.97 Å². The molecule has 1 saturated heterocycles. The predicted molar refractivity (Wildman–Crippen MR) is 55.8 cm³/mol. The van der Waals surface area contributed by atoms with Crippen LogP contribution in [-0.2, 0) is 4.79 Å². The summed E-state index contributed by atoms with van der Waals surface area (Å²) in [5.74, 6) is -1.26. The fraction of sp³-hybridized carbons (Fsp3) is 0.545. The van der Waals surface area contributed by atoms with E-state index < -0.39 is 16.9 Å². The van der Waals surface area contributed by atoms with E-state index in [0.29, 0.717) is 12.1 Å². The smallest absolute Gasteiger partial charge is 0.348 e. The van der Waals surface area contributed by atoms with Crippen molar-refractivity contribution in [3.8, 4) is 12.1 Å². The highest BCUT2D eigenvalue weighted by molar-refractivity contribution is 5.92. The molecule has 0 saturated carbocycles. The van der Waals surface area contributed by atoms with Gasteiger partial charge in [-0.05, 0) is 13.3 Å². The van der Waals surface area contributed by atoms with Gasteiger partial charge in [-0.1, -0.05) is 13.8 Å². The molecular weight excluding hydrogens is 206 g/mol. The standard InChI is InChI=1S/C11H13N3O2/c1-10(2)4-8(7(5-12)9(15)16)14-11(10,3)6-13/h14H,4H2,1-3H3,(H,15,16)/b8-7-. The number of carboxylic acids is 1. The van der Waals surface area contributed by atoms with Crippen molar-refractivity contribution in [3.05, 3.63) is 11.3 Å². The fourth-order valence-electron chi connectivity index (χ4n) is 1.71. The Balaban J connectivity index is 3.26. The quantitative estimate of drug-likeness (QED) is 0.509. The first-order chi connectivity index (χ1) is 7.27. The summed E-state index contributed by atoms with van der Waals surface area (Å²) < 4.78 is 0. The third-order valence-electron chi connectivity index (χ3n) is 3.22. The summed E-state index contributed by atoms with van der Waals surface area (Å²) in [7, 11) is 0. The number of carbonyl (C=O) groups is 1. The van der Waals surface area contributed by atoms with E-state index in [0.717, 1.165) is 0 Å². The molecule has 0 aliphatic carbocycles. The Morgan fingerprint density at radius 3 is 2.31 bits per heavy atom. The summed E-state index contributed by atoms with van der Waals surface area (Å²) in [4.78, 5) is 10.8. The molecule has 0 aromatic rings. The van der Waals surface area contributed by atoms with E-state index in [-0.39, 0.29) is 5.57 Å². The van der Waals surface area contributed by atoms with Gasteiger partial charge in [-0.2, -0.15) is 10.5 Å². The maximum absolute atomic E-state index is 10.8. The second-order valence-electron chi connectivity index (χ2n) is 4.69. The Kier molecular flexibility index (Phi) is 2.66. The SMILES string of the molecule is CC1(C)C/C(=C(\C#N)C(=O)O)NC1(C)C#N. The highest BCUT2D eigenvalue weighted by atomic mass is 16.4. The van der Waals surface area contributed by atoms with Gasteiger partial charge < -0.3 is 10.4 Å². The molecule has 1 rings (SSSR count). The Bertz CT molecular complexity index is 451. The Labute approximate surface area is 94.0 Å². The van der Waals surface area contributed by atoms with E-state index in [2.05, 4.69) is 11.4 Å². The monoisotopic (exact) mass is 219 g/mol. The topological polar surface area (TPSA) is 96.9 Å². The van der Waals surface area contributed by atoms with Crippen LogP contribution in [0.15, 0.2) is 11.3 Å². The summed E-state index contributed by atoms with van der Waals surface area (Å²) in [5, 5.41) is 29.6. The van der Waals surface area contributed by atoms with Crippen molar-refractivity contribution in [2.24, 2.45) is 5.41 Å². The molecule has 1 unspecified atom stereocenters. The number of hydrogen-bond donors (Lipinski definition) is 2. The average Bonchev–Trinajstić information content (AvgIpc) is 2.39. The van der Waals surface area contributed by atoms with E-state index in [1.54, 1.807) is 13.0 Å². The van der Waals surface area contributed by atoms with Gasteiger partial charge in [0.25, 0.3) is 0 Å². The molecule has 5 nitrogen and oxygen atoms in total. The second kappa shape index (κ2) is 3.53. The number of carboxylic acid groups (broad SMARTS) is 1. The summed E-state index contributed by atoms with van der Waals surface area (Å²) in [5.41, 5.74) is -1.23. The Morgan fingerprint density at radius 2 is 2.00 bits per heavy atom. The normalized spacial score (nSPS) is 29.8. The maximum Gasteiger partial charge on any atom is 0.348 e.